The first kappa shape index (κ1) is 17.4. The number of thiophene rings is 1. The summed E-state index contributed by atoms with van der Waals surface area (Å²) >= 11 is 14.5. The Hall–Kier alpha value is -1.99. The smallest absolute Gasteiger partial charge is 0.268 e. The van der Waals surface area contributed by atoms with E-state index in [4.69, 9.17) is 23.8 Å². The molecule has 1 saturated heterocycles. The number of thiocarbonyl (C=S) groups is 1. The second-order valence-corrected chi connectivity index (χ2v) is 8.61. The van der Waals surface area contributed by atoms with Crippen LogP contribution >= 0.6 is 46.9 Å². The van der Waals surface area contributed by atoms with Crippen LogP contribution in [-0.4, -0.2) is 15.2 Å². The predicted octanol–water partition coefficient (Wildman–Crippen LogP) is 5.87. The highest BCUT2D eigenvalue weighted by molar-refractivity contribution is 8.27. The number of anilines is 1. The van der Waals surface area contributed by atoms with Gasteiger partial charge in [-0.2, -0.15) is 0 Å². The van der Waals surface area contributed by atoms with Gasteiger partial charge in [0.2, 0.25) is 0 Å². The first-order valence-electron chi connectivity index (χ1n) is 7.66. The van der Waals surface area contributed by atoms with Crippen LogP contribution in [0.3, 0.4) is 0 Å². The number of aromatic nitrogens is 1. The molecule has 2 aromatic heterocycles. The average Bonchev–Trinajstić information content (AvgIpc) is 3.21. The molecular weight excluding hydrogens is 404 g/mol. The molecule has 0 radical (unpaired) electrons. The van der Waals surface area contributed by atoms with Crippen LogP contribution in [0.25, 0.3) is 16.5 Å². The molecule has 0 bridgehead atoms. The number of halogens is 1. The molecule has 0 unspecified atom stereocenters. The highest BCUT2D eigenvalue weighted by Crippen LogP contribution is 2.38. The number of carbonyl (C=O) groups is 1. The number of hydrogen-bond acceptors (Lipinski definition) is 5. The molecule has 1 aliphatic heterocycles. The van der Waals surface area contributed by atoms with Crippen LogP contribution in [0.2, 0.25) is 5.02 Å². The fourth-order valence-corrected chi connectivity index (χ4v) is 5.19. The molecule has 3 aromatic rings. The maximum Gasteiger partial charge on any atom is 0.270 e. The number of thioether (sulfide) groups is 1. The quantitative estimate of drug-likeness (QED) is 0.396. The van der Waals surface area contributed by atoms with E-state index in [9.17, 15) is 4.79 Å². The Labute approximate surface area is 169 Å². The van der Waals surface area contributed by atoms with Gasteiger partial charge in [0.25, 0.3) is 5.91 Å². The zero-order valence-electron chi connectivity index (χ0n) is 13.3. The van der Waals surface area contributed by atoms with E-state index in [0.29, 0.717) is 19.9 Å². The second kappa shape index (κ2) is 7.32. The van der Waals surface area contributed by atoms with Crippen LogP contribution in [0.5, 0.6) is 0 Å². The van der Waals surface area contributed by atoms with Crippen molar-refractivity contribution in [1.29, 1.82) is 0 Å². The molecule has 3 nitrogen and oxygen atoms in total. The predicted molar refractivity (Wildman–Crippen MR) is 115 cm³/mol. The molecule has 1 aromatic carbocycles. The van der Waals surface area contributed by atoms with Gasteiger partial charge in [-0.15, -0.1) is 11.3 Å². The number of hydrogen-bond donors (Lipinski definition) is 0. The summed E-state index contributed by atoms with van der Waals surface area (Å²) in [7, 11) is 0. The van der Waals surface area contributed by atoms with E-state index in [-0.39, 0.29) is 5.91 Å². The Morgan fingerprint density at radius 2 is 1.96 bits per heavy atom. The first-order chi connectivity index (χ1) is 12.6. The third-order valence-electron chi connectivity index (χ3n) is 3.74. The molecule has 4 rings (SSSR count). The summed E-state index contributed by atoms with van der Waals surface area (Å²) in [6.07, 6.45) is 5.17. The summed E-state index contributed by atoms with van der Waals surface area (Å²) < 4.78 is 0.511. The molecule has 1 fully saturated rings. The minimum atomic E-state index is -0.124. The SMILES string of the molecule is O=C1C(=Cc2ccc(-c3ccccc3Cl)s2)SC(=S)N1c1cccnc1. The van der Waals surface area contributed by atoms with E-state index in [1.54, 1.807) is 29.8 Å². The Morgan fingerprint density at radius 1 is 1.12 bits per heavy atom. The summed E-state index contributed by atoms with van der Waals surface area (Å²) in [6, 6.07) is 15.3. The third-order valence-corrected chi connectivity index (χ3v) is 6.43. The lowest BCUT2D eigenvalue weighted by Gasteiger charge is -2.13. The van der Waals surface area contributed by atoms with Crippen molar-refractivity contribution in [2.45, 2.75) is 0 Å². The monoisotopic (exact) mass is 414 g/mol. The van der Waals surface area contributed by atoms with Crippen molar-refractivity contribution in [3.8, 4) is 10.4 Å². The molecule has 128 valence electrons. The summed E-state index contributed by atoms with van der Waals surface area (Å²) in [5.41, 5.74) is 1.67. The van der Waals surface area contributed by atoms with Crippen LogP contribution in [0.15, 0.2) is 65.8 Å². The fourth-order valence-electron chi connectivity index (χ4n) is 2.54. The van der Waals surface area contributed by atoms with E-state index >= 15 is 0 Å². The largest absolute Gasteiger partial charge is 0.270 e. The summed E-state index contributed by atoms with van der Waals surface area (Å²) in [6.45, 7) is 0. The molecule has 0 saturated carbocycles. The molecular formula is C19H11ClN2OS3. The topological polar surface area (TPSA) is 33.2 Å². The van der Waals surface area contributed by atoms with Crippen LogP contribution in [-0.2, 0) is 4.79 Å². The lowest BCUT2D eigenvalue weighted by Crippen LogP contribution is -2.27. The number of nitrogens with zero attached hydrogens (tertiary/aromatic N) is 2. The van der Waals surface area contributed by atoms with E-state index < -0.39 is 0 Å². The van der Waals surface area contributed by atoms with Crippen LogP contribution < -0.4 is 4.90 Å². The lowest BCUT2D eigenvalue weighted by molar-refractivity contribution is -0.113. The van der Waals surface area contributed by atoms with Gasteiger partial charge in [-0.25, -0.2) is 0 Å². The number of benzene rings is 1. The fraction of sp³-hybridized carbons (Fsp3) is 0. The zero-order chi connectivity index (χ0) is 18.1. The van der Waals surface area contributed by atoms with Crippen molar-refractivity contribution in [3.05, 3.63) is 75.7 Å². The van der Waals surface area contributed by atoms with Crippen molar-refractivity contribution in [1.82, 2.24) is 4.98 Å². The molecule has 0 atom stereocenters. The van der Waals surface area contributed by atoms with Crippen LogP contribution in [0.1, 0.15) is 4.88 Å². The molecule has 0 aliphatic carbocycles. The lowest BCUT2D eigenvalue weighted by atomic mass is 10.2. The van der Waals surface area contributed by atoms with E-state index in [1.165, 1.54) is 16.7 Å². The van der Waals surface area contributed by atoms with Gasteiger partial charge in [-0.1, -0.05) is 53.8 Å². The summed E-state index contributed by atoms with van der Waals surface area (Å²) in [5.74, 6) is -0.124. The third kappa shape index (κ3) is 3.33. The Kier molecular flexibility index (Phi) is 4.91. The summed E-state index contributed by atoms with van der Waals surface area (Å²) in [4.78, 5) is 21.0. The molecule has 7 heteroatoms. The van der Waals surface area contributed by atoms with Gasteiger partial charge in [0.05, 0.1) is 16.8 Å². The Bertz CT molecular complexity index is 1030. The minimum Gasteiger partial charge on any atom is -0.268 e. The molecule has 26 heavy (non-hydrogen) atoms. The Balaban J connectivity index is 1.63. The van der Waals surface area contributed by atoms with Crippen LogP contribution in [0.4, 0.5) is 5.69 Å². The number of carbonyl (C=O) groups excluding carboxylic acids is 1. The van der Waals surface area contributed by atoms with Crippen molar-refractivity contribution < 1.29 is 4.79 Å². The van der Waals surface area contributed by atoms with Crippen molar-refractivity contribution >= 4 is 68.9 Å². The zero-order valence-corrected chi connectivity index (χ0v) is 16.5. The highest BCUT2D eigenvalue weighted by atomic mass is 35.5. The second-order valence-electron chi connectivity index (χ2n) is 5.41. The van der Waals surface area contributed by atoms with Gasteiger partial charge in [-0.3, -0.25) is 14.7 Å². The molecule has 1 amide bonds. The highest BCUT2D eigenvalue weighted by Gasteiger charge is 2.33. The van der Waals surface area contributed by atoms with Crippen molar-refractivity contribution in [2.24, 2.45) is 0 Å². The summed E-state index contributed by atoms with van der Waals surface area (Å²) in [5, 5.41) is 0.712. The van der Waals surface area contributed by atoms with Gasteiger partial charge in [0, 0.05) is 26.5 Å². The molecule has 3 heterocycles. The van der Waals surface area contributed by atoms with Gasteiger partial charge >= 0.3 is 0 Å². The van der Waals surface area contributed by atoms with Gasteiger partial charge < -0.3 is 0 Å². The average molecular weight is 415 g/mol. The van der Waals surface area contributed by atoms with Crippen LogP contribution in [0, 0.1) is 0 Å². The molecule has 0 N–H and O–H groups in total. The van der Waals surface area contributed by atoms with Crippen molar-refractivity contribution in [3.63, 3.8) is 0 Å². The molecule has 1 aliphatic rings. The first-order valence-corrected chi connectivity index (χ1v) is 10.1. The number of pyridine rings is 1. The van der Waals surface area contributed by atoms with Gasteiger partial charge in [0.1, 0.15) is 0 Å². The standard InChI is InChI=1S/C19H11ClN2OS3/c20-15-6-2-1-5-14(15)16-8-7-13(25-16)10-17-18(23)22(19(24)26-17)12-4-3-9-21-11-12/h1-11H. The maximum atomic E-state index is 12.8. The van der Waals surface area contributed by atoms with Gasteiger partial charge in [0.15, 0.2) is 4.32 Å². The number of rotatable bonds is 3. The Morgan fingerprint density at radius 3 is 2.73 bits per heavy atom. The number of amides is 1. The normalized spacial score (nSPS) is 15.9. The minimum absolute atomic E-state index is 0.124. The van der Waals surface area contributed by atoms with Crippen molar-refractivity contribution in [2.75, 3.05) is 4.90 Å². The van der Waals surface area contributed by atoms with E-state index in [1.807, 2.05) is 48.5 Å². The van der Waals surface area contributed by atoms with Gasteiger partial charge in [-0.05, 0) is 36.4 Å². The maximum absolute atomic E-state index is 12.8. The van der Waals surface area contributed by atoms with E-state index in [0.717, 1.165) is 15.3 Å². The van der Waals surface area contributed by atoms with E-state index in [2.05, 4.69) is 4.98 Å². The molecule has 0 spiro atoms.